The van der Waals surface area contributed by atoms with Crippen LogP contribution in [-0.2, 0) is 15.7 Å². The molecule has 0 saturated carbocycles. The normalized spacial score (nSPS) is 18.7. The number of nitro groups is 1. The first kappa shape index (κ1) is 22.6. The number of carbonyl (C=O) groups is 2. The van der Waals surface area contributed by atoms with Crippen molar-refractivity contribution in [1.82, 2.24) is 4.90 Å². The number of aryl methyl sites for hydroxylation is 1. The lowest BCUT2D eigenvalue weighted by molar-refractivity contribution is -0.385. The van der Waals surface area contributed by atoms with Crippen molar-refractivity contribution in [3.8, 4) is 0 Å². The van der Waals surface area contributed by atoms with Crippen LogP contribution in [0.25, 0.3) is 0 Å². The number of esters is 1. The lowest BCUT2D eigenvalue weighted by Crippen LogP contribution is -2.43. The van der Waals surface area contributed by atoms with Gasteiger partial charge in [0, 0.05) is 22.9 Å². The van der Waals surface area contributed by atoms with E-state index in [0.717, 1.165) is 25.3 Å². The zero-order valence-corrected chi connectivity index (χ0v) is 17.2. The quantitative estimate of drug-likeness (QED) is 0.388. The van der Waals surface area contributed by atoms with E-state index in [4.69, 9.17) is 4.74 Å². The molecule has 164 valence electrons. The molecule has 1 aliphatic rings. The van der Waals surface area contributed by atoms with Gasteiger partial charge in [-0.25, -0.2) is 4.79 Å². The molecule has 0 bridgehead atoms. The molecule has 2 atom stereocenters. The average molecular weight is 454 g/mol. The van der Waals surface area contributed by atoms with Crippen molar-refractivity contribution in [3.05, 3.63) is 74.8 Å². The Morgan fingerprint density at radius 1 is 1.19 bits per heavy atom. The molecule has 31 heavy (non-hydrogen) atoms. The average Bonchev–Trinajstić information content (AvgIpc) is 3.17. The Labute approximate surface area is 179 Å². The summed E-state index contributed by atoms with van der Waals surface area (Å²) in [6, 6.07) is 7.27. The summed E-state index contributed by atoms with van der Waals surface area (Å²) in [6.07, 6.45) is -4.51. The number of nitrogens with zero attached hydrogens (tertiary/aromatic N) is 2. The van der Waals surface area contributed by atoms with Crippen LogP contribution in [0, 0.1) is 17.0 Å². The topological polar surface area (TPSA) is 89.8 Å². The van der Waals surface area contributed by atoms with Gasteiger partial charge in [-0.15, -0.1) is 11.8 Å². The Hall–Kier alpha value is -3.08. The molecular weight excluding hydrogens is 437 g/mol. The van der Waals surface area contributed by atoms with E-state index in [2.05, 4.69) is 0 Å². The molecule has 7 nitrogen and oxygen atoms in total. The zero-order valence-electron chi connectivity index (χ0n) is 16.4. The predicted octanol–water partition coefficient (Wildman–Crippen LogP) is 4.35. The third kappa shape index (κ3) is 4.50. The second-order valence-corrected chi connectivity index (χ2v) is 7.93. The van der Waals surface area contributed by atoms with Gasteiger partial charge in [-0.05, 0) is 30.7 Å². The molecule has 0 spiro atoms. The van der Waals surface area contributed by atoms with Crippen LogP contribution in [0.3, 0.4) is 0 Å². The molecule has 2 aromatic rings. The highest BCUT2D eigenvalue weighted by molar-refractivity contribution is 7.99. The molecule has 1 heterocycles. The fourth-order valence-corrected chi connectivity index (χ4v) is 4.67. The number of methoxy groups -OCH3 is 1. The minimum Gasteiger partial charge on any atom is -0.467 e. The third-order valence-electron chi connectivity index (χ3n) is 4.88. The number of carbonyl (C=O) groups excluding carboxylic acids is 2. The first-order valence-electron chi connectivity index (χ1n) is 8.99. The molecule has 1 aliphatic heterocycles. The van der Waals surface area contributed by atoms with E-state index in [1.54, 1.807) is 0 Å². The summed E-state index contributed by atoms with van der Waals surface area (Å²) in [7, 11) is 1.16. The van der Waals surface area contributed by atoms with E-state index in [0.29, 0.717) is 11.1 Å². The second-order valence-electron chi connectivity index (χ2n) is 6.82. The Kier molecular flexibility index (Phi) is 6.25. The van der Waals surface area contributed by atoms with Gasteiger partial charge in [0.1, 0.15) is 11.4 Å². The lowest BCUT2D eigenvalue weighted by Gasteiger charge is -2.28. The monoisotopic (exact) mass is 454 g/mol. The zero-order chi connectivity index (χ0) is 22.9. The van der Waals surface area contributed by atoms with Gasteiger partial charge in [-0.1, -0.05) is 18.2 Å². The van der Waals surface area contributed by atoms with E-state index in [9.17, 15) is 32.9 Å². The fourth-order valence-electron chi connectivity index (χ4n) is 3.25. The summed E-state index contributed by atoms with van der Waals surface area (Å²) in [6.45, 7) is 1.53. The number of thioether (sulfide) groups is 1. The molecule has 1 saturated heterocycles. The minimum absolute atomic E-state index is 0.00869. The number of ether oxygens (including phenoxy) is 1. The van der Waals surface area contributed by atoms with E-state index in [-0.39, 0.29) is 17.0 Å². The summed E-state index contributed by atoms with van der Waals surface area (Å²) in [5.41, 5.74) is -0.347. The maximum absolute atomic E-state index is 13.3. The molecule has 0 aromatic heterocycles. The number of nitro benzene ring substituents is 1. The highest BCUT2D eigenvalue weighted by Crippen LogP contribution is 2.43. The Morgan fingerprint density at radius 2 is 1.84 bits per heavy atom. The Balaban J connectivity index is 2.01. The van der Waals surface area contributed by atoms with Gasteiger partial charge in [0.05, 0.1) is 17.6 Å². The highest BCUT2D eigenvalue weighted by Gasteiger charge is 2.43. The second kappa shape index (κ2) is 8.58. The van der Waals surface area contributed by atoms with Crippen LogP contribution in [0.15, 0.2) is 42.5 Å². The minimum atomic E-state index is -4.51. The van der Waals surface area contributed by atoms with Crippen molar-refractivity contribution in [2.45, 2.75) is 24.5 Å². The molecule has 1 fully saturated rings. The number of rotatable bonds is 4. The Bertz CT molecular complexity index is 1030. The van der Waals surface area contributed by atoms with Crippen LogP contribution in [0.5, 0.6) is 0 Å². The summed E-state index contributed by atoms with van der Waals surface area (Å²) in [4.78, 5) is 37.4. The van der Waals surface area contributed by atoms with E-state index >= 15 is 0 Å². The molecule has 2 aromatic carbocycles. The number of amides is 1. The standard InChI is InChI=1S/C20H17F3N2O5S/c1-11-3-4-13(9-15(11)25(28)29)17(26)24-16(19(27)30-2)10-31-18(24)12-5-7-14(8-6-12)20(21,22)23/h3-9,16,18H,10H2,1-2H3. The molecule has 11 heteroatoms. The van der Waals surface area contributed by atoms with E-state index in [1.807, 2.05) is 0 Å². The van der Waals surface area contributed by atoms with Gasteiger partial charge in [-0.3, -0.25) is 14.9 Å². The Morgan fingerprint density at radius 3 is 2.39 bits per heavy atom. The largest absolute Gasteiger partial charge is 0.467 e. The summed E-state index contributed by atoms with van der Waals surface area (Å²) < 4.78 is 43.4. The van der Waals surface area contributed by atoms with Crippen molar-refractivity contribution in [2.24, 2.45) is 0 Å². The summed E-state index contributed by atoms with van der Waals surface area (Å²) in [5.74, 6) is -1.18. The van der Waals surface area contributed by atoms with Crippen LogP contribution in [0.1, 0.15) is 32.4 Å². The predicted molar refractivity (Wildman–Crippen MR) is 106 cm³/mol. The number of hydrogen-bond donors (Lipinski definition) is 0. The fraction of sp³-hybridized carbons (Fsp3) is 0.300. The van der Waals surface area contributed by atoms with Gasteiger partial charge in [0.2, 0.25) is 0 Å². The summed E-state index contributed by atoms with van der Waals surface area (Å²) >= 11 is 1.19. The van der Waals surface area contributed by atoms with E-state index < -0.39 is 40.0 Å². The maximum Gasteiger partial charge on any atom is 0.416 e. The van der Waals surface area contributed by atoms with Crippen LogP contribution in [-0.4, -0.2) is 40.6 Å². The smallest absolute Gasteiger partial charge is 0.416 e. The van der Waals surface area contributed by atoms with Crippen molar-refractivity contribution in [3.63, 3.8) is 0 Å². The summed E-state index contributed by atoms with van der Waals surface area (Å²) in [5, 5.41) is 10.5. The molecular formula is C20H17F3N2O5S. The number of benzene rings is 2. The lowest BCUT2D eigenvalue weighted by atomic mass is 10.1. The first-order chi connectivity index (χ1) is 14.5. The molecule has 0 aliphatic carbocycles. The van der Waals surface area contributed by atoms with E-state index in [1.165, 1.54) is 47.9 Å². The molecule has 0 radical (unpaired) electrons. The van der Waals surface area contributed by atoms with Crippen LogP contribution in [0.4, 0.5) is 18.9 Å². The SMILES string of the molecule is COC(=O)C1CSC(c2ccc(C(F)(F)F)cc2)N1C(=O)c1ccc(C)c([N+](=O)[O-])c1. The van der Waals surface area contributed by atoms with Gasteiger partial charge in [0.15, 0.2) is 0 Å². The molecule has 2 unspecified atom stereocenters. The van der Waals surface area contributed by atoms with Gasteiger partial charge < -0.3 is 9.64 Å². The van der Waals surface area contributed by atoms with Gasteiger partial charge >= 0.3 is 12.1 Å². The van der Waals surface area contributed by atoms with Crippen LogP contribution < -0.4 is 0 Å². The molecule has 3 rings (SSSR count). The molecule has 1 amide bonds. The number of hydrogen-bond acceptors (Lipinski definition) is 6. The first-order valence-corrected chi connectivity index (χ1v) is 10.0. The van der Waals surface area contributed by atoms with Gasteiger partial charge in [-0.2, -0.15) is 13.2 Å². The highest BCUT2D eigenvalue weighted by atomic mass is 32.2. The number of alkyl halides is 3. The third-order valence-corrected chi connectivity index (χ3v) is 6.21. The van der Waals surface area contributed by atoms with Crippen LogP contribution in [0.2, 0.25) is 0 Å². The van der Waals surface area contributed by atoms with Crippen molar-refractivity contribution in [2.75, 3.05) is 12.9 Å². The maximum atomic E-state index is 13.3. The molecule has 0 N–H and O–H groups in total. The number of halogens is 3. The van der Waals surface area contributed by atoms with Crippen molar-refractivity contribution >= 4 is 29.3 Å². The van der Waals surface area contributed by atoms with Gasteiger partial charge in [0.25, 0.3) is 11.6 Å². The van der Waals surface area contributed by atoms with Crippen molar-refractivity contribution in [1.29, 1.82) is 0 Å². The van der Waals surface area contributed by atoms with Crippen molar-refractivity contribution < 1.29 is 32.4 Å². The van der Waals surface area contributed by atoms with Crippen LogP contribution >= 0.6 is 11.8 Å².